The van der Waals surface area contributed by atoms with Gasteiger partial charge < -0.3 is 13.9 Å². The van der Waals surface area contributed by atoms with Crippen molar-refractivity contribution in [1.82, 2.24) is 4.72 Å². The Kier molecular flexibility index (Phi) is 6.89. The van der Waals surface area contributed by atoms with Gasteiger partial charge in [0.05, 0.1) is 4.83 Å². The molecule has 10 heteroatoms. The SMILES string of the molecule is C[Si](C)(C)Oc1c(C(Br)CCN[SH](=O)=O)oc(-c2cccc(F)c2)c1O. The van der Waals surface area contributed by atoms with E-state index < -0.39 is 29.9 Å². The van der Waals surface area contributed by atoms with Crippen molar-refractivity contribution < 1.29 is 26.8 Å². The topological polar surface area (TPSA) is 88.8 Å². The zero-order valence-electron chi connectivity index (χ0n) is 14.6. The maximum atomic E-state index is 13.5. The van der Waals surface area contributed by atoms with Gasteiger partial charge in [0.2, 0.25) is 25.0 Å². The van der Waals surface area contributed by atoms with Gasteiger partial charge in [-0.1, -0.05) is 28.1 Å². The maximum absolute atomic E-state index is 13.5. The molecule has 0 radical (unpaired) electrons. The summed E-state index contributed by atoms with van der Waals surface area (Å²) in [6, 6.07) is 5.70. The molecule has 0 aliphatic rings. The first-order valence-corrected chi connectivity index (χ1v) is 13.4. The third-order valence-corrected chi connectivity index (χ3v) is 5.46. The van der Waals surface area contributed by atoms with Crippen LogP contribution in [0.3, 0.4) is 0 Å². The average Bonchev–Trinajstić information content (AvgIpc) is 2.82. The Balaban J connectivity index is 2.43. The first kappa shape index (κ1) is 20.9. The first-order chi connectivity index (χ1) is 12.1. The highest BCUT2D eigenvalue weighted by molar-refractivity contribution is 9.09. The van der Waals surface area contributed by atoms with E-state index in [1.807, 2.05) is 19.6 Å². The number of aromatic hydroxyl groups is 1. The van der Waals surface area contributed by atoms with Crippen LogP contribution >= 0.6 is 15.9 Å². The molecule has 26 heavy (non-hydrogen) atoms. The van der Waals surface area contributed by atoms with Crippen molar-refractivity contribution in [2.45, 2.75) is 30.9 Å². The van der Waals surface area contributed by atoms with Gasteiger partial charge in [-0.2, -0.15) is 0 Å². The highest BCUT2D eigenvalue weighted by Crippen LogP contribution is 2.48. The summed E-state index contributed by atoms with van der Waals surface area (Å²) in [6.45, 7) is 6.06. The van der Waals surface area contributed by atoms with Gasteiger partial charge in [0.15, 0.2) is 17.3 Å². The number of hydrogen-bond acceptors (Lipinski definition) is 5. The van der Waals surface area contributed by atoms with Crippen LogP contribution in [0.4, 0.5) is 4.39 Å². The van der Waals surface area contributed by atoms with Crippen molar-refractivity contribution in [1.29, 1.82) is 0 Å². The molecule has 1 atom stereocenters. The van der Waals surface area contributed by atoms with E-state index in [-0.39, 0.29) is 23.8 Å². The molecule has 2 rings (SSSR count). The van der Waals surface area contributed by atoms with Gasteiger partial charge in [-0.15, -0.1) is 0 Å². The minimum atomic E-state index is -2.69. The number of alkyl halides is 1. The summed E-state index contributed by atoms with van der Waals surface area (Å²) < 4.78 is 48.9. The van der Waals surface area contributed by atoms with Gasteiger partial charge in [-0.05, 0) is 38.2 Å². The fourth-order valence-electron chi connectivity index (χ4n) is 2.27. The molecule has 1 heterocycles. The van der Waals surface area contributed by atoms with Crippen LogP contribution in [0.25, 0.3) is 11.3 Å². The molecule has 0 bridgehead atoms. The first-order valence-electron chi connectivity index (χ1n) is 7.91. The minimum absolute atomic E-state index is 0.111. The van der Waals surface area contributed by atoms with Crippen LogP contribution in [-0.4, -0.2) is 28.4 Å². The summed E-state index contributed by atoms with van der Waals surface area (Å²) in [5.41, 5.74) is 0.384. The van der Waals surface area contributed by atoms with Crippen LogP contribution < -0.4 is 9.15 Å². The molecule has 2 N–H and O–H groups in total. The average molecular weight is 466 g/mol. The molecule has 1 aromatic carbocycles. The largest absolute Gasteiger partial charge is 0.539 e. The number of hydrogen-bond donors (Lipinski definition) is 3. The summed E-state index contributed by atoms with van der Waals surface area (Å²) in [5, 5.41) is 10.6. The number of nitrogens with one attached hydrogen (secondary N) is 1. The Morgan fingerprint density at radius 2 is 2.08 bits per heavy atom. The third-order valence-electron chi connectivity index (χ3n) is 3.28. The van der Waals surface area contributed by atoms with Crippen molar-refractivity contribution in [2.75, 3.05) is 6.54 Å². The predicted octanol–water partition coefficient (Wildman–Crippen LogP) is 3.95. The second kappa shape index (κ2) is 8.55. The number of halogens is 2. The molecule has 0 aliphatic carbocycles. The molecule has 1 unspecified atom stereocenters. The van der Waals surface area contributed by atoms with Gasteiger partial charge in [0.1, 0.15) is 5.82 Å². The predicted molar refractivity (Wildman–Crippen MR) is 104 cm³/mol. The van der Waals surface area contributed by atoms with Crippen molar-refractivity contribution in [3.8, 4) is 22.8 Å². The van der Waals surface area contributed by atoms with Crippen LogP contribution in [-0.2, 0) is 10.9 Å². The van der Waals surface area contributed by atoms with E-state index in [0.29, 0.717) is 17.7 Å². The number of furan rings is 1. The lowest BCUT2D eigenvalue weighted by molar-refractivity contribution is 0.438. The summed E-state index contributed by atoms with van der Waals surface area (Å²) in [7, 11) is -4.77. The molecule has 1 aromatic heterocycles. The molecule has 0 aliphatic heterocycles. The molecular weight excluding hydrogens is 445 g/mol. The summed E-state index contributed by atoms with van der Waals surface area (Å²) >= 11 is 3.45. The van der Waals surface area contributed by atoms with E-state index >= 15 is 0 Å². The molecule has 0 saturated heterocycles. The quantitative estimate of drug-likeness (QED) is 0.312. The Labute approximate surface area is 162 Å². The van der Waals surface area contributed by atoms with E-state index in [1.54, 1.807) is 6.07 Å². The Hall–Kier alpha value is -1.36. The lowest BCUT2D eigenvalue weighted by Gasteiger charge is -2.20. The lowest BCUT2D eigenvalue weighted by atomic mass is 10.1. The smallest absolute Gasteiger partial charge is 0.242 e. The van der Waals surface area contributed by atoms with Crippen LogP contribution in [0, 0.1) is 5.82 Å². The van der Waals surface area contributed by atoms with Gasteiger partial charge in [-0.25, -0.2) is 17.5 Å². The van der Waals surface area contributed by atoms with Crippen LogP contribution in [0.1, 0.15) is 17.0 Å². The summed E-state index contributed by atoms with van der Waals surface area (Å²) in [5.74, 6) is 0.00989. The van der Waals surface area contributed by atoms with Gasteiger partial charge in [0, 0.05) is 12.1 Å². The molecule has 0 amide bonds. The molecule has 144 valence electrons. The summed E-state index contributed by atoms with van der Waals surface area (Å²) in [6.07, 6.45) is 0.376. The van der Waals surface area contributed by atoms with Crippen molar-refractivity contribution in [3.05, 3.63) is 35.8 Å². The maximum Gasteiger partial charge on any atom is 0.242 e. The second-order valence-electron chi connectivity index (χ2n) is 6.62. The zero-order valence-corrected chi connectivity index (χ0v) is 18.1. The number of rotatable bonds is 8. The van der Waals surface area contributed by atoms with Crippen molar-refractivity contribution >= 4 is 35.1 Å². The van der Waals surface area contributed by atoms with E-state index in [9.17, 15) is 17.9 Å². The van der Waals surface area contributed by atoms with Crippen molar-refractivity contribution in [2.24, 2.45) is 0 Å². The minimum Gasteiger partial charge on any atom is -0.539 e. The van der Waals surface area contributed by atoms with Gasteiger partial charge in [-0.3, -0.25) is 0 Å². The number of thiol groups is 1. The molecular formula is C16H21BrFNO5SSi. The van der Waals surface area contributed by atoms with Crippen LogP contribution in [0.5, 0.6) is 11.5 Å². The van der Waals surface area contributed by atoms with E-state index in [2.05, 4.69) is 20.7 Å². The molecule has 2 aromatic rings. The second-order valence-corrected chi connectivity index (χ2v) is 13.0. The Morgan fingerprint density at radius 3 is 2.65 bits per heavy atom. The standard InChI is InChI=1S/C16H21BrFNO5SSi/c1-26(2,3)24-16-13(20)14(10-5-4-6-11(18)9-10)23-15(16)12(17)7-8-19-25(21)22/h4-6,9,12,20,25H,7-8H2,1-3H3,(H,19,21,22). The molecule has 6 nitrogen and oxygen atoms in total. The highest BCUT2D eigenvalue weighted by atomic mass is 79.9. The Bertz CT molecular complexity index is 842. The van der Waals surface area contributed by atoms with Crippen LogP contribution in [0.2, 0.25) is 19.6 Å². The van der Waals surface area contributed by atoms with E-state index in [1.165, 1.54) is 18.2 Å². The Morgan fingerprint density at radius 1 is 1.38 bits per heavy atom. The molecule has 0 fully saturated rings. The summed E-state index contributed by atoms with van der Waals surface area (Å²) in [4.78, 5) is -0.399. The highest BCUT2D eigenvalue weighted by Gasteiger charge is 2.30. The van der Waals surface area contributed by atoms with E-state index in [4.69, 9.17) is 8.84 Å². The monoisotopic (exact) mass is 465 g/mol. The molecule has 0 saturated carbocycles. The number of benzene rings is 1. The zero-order chi connectivity index (χ0) is 19.5. The fourth-order valence-corrected chi connectivity index (χ4v) is 3.93. The normalized spacial score (nSPS) is 13.2. The molecule has 0 spiro atoms. The fraction of sp³-hybridized carbons (Fsp3) is 0.375. The van der Waals surface area contributed by atoms with Gasteiger partial charge >= 0.3 is 0 Å². The van der Waals surface area contributed by atoms with Crippen molar-refractivity contribution in [3.63, 3.8) is 0 Å². The lowest BCUT2D eigenvalue weighted by Crippen LogP contribution is -2.29. The van der Waals surface area contributed by atoms with Crippen LogP contribution in [0.15, 0.2) is 28.7 Å². The third kappa shape index (κ3) is 5.57. The van der Waals surface area contributed by atoms with Gasteiger partial charge in [0.25, 0.3) is 0 Å². The van der Waals surface area contributed by atoms with E-state index in [0.717, 1.165) is 0 Å².